The fourth-order valence-electron chi connectivity index (χ4n) is 1.49. The summed E-state index contributed by atoms with van der Waals surface area (Å²) in [5.41, 5.74) is 0.794. The van der Waals surface area contributed by atoms with Crippen molar-refractivity contribution in [3.8, 4) is 0 Å². The van der Waals surface area contributed by atoms with Crippen molar-refractivity contribution in [1.29, 1.82) is 0 Å². The first-order valence-electron chi connectivity index (χ1n) is 5.38. The van der Waals surface area contributed by atoms with E-state index in [0.29, 0.717) is 5.76 Å². The zero-order valence-corrected chi connectivity index (χ0v) is 13.1. The molecule has 1 heterocycles. The molecular weight excluding hydrogens is 354 g/mol. The smallest absolute Gasteiger partial charge is 0.242 e. The van der Waals surface area contributed by atoms with Crippen LogP contribution in [0, 0.1) is 6.92 Å². The van der Waals surface area contributed by atoms with Gasteiger partial charge in [0.2, 0.25) is 10.0 Å². The molecule has 0 aliphatic rings. The van der Waals surface area contributed by atoms with E-state index in [1.54, 1.807) is 25.1 Å². The van der Waals surface area contributed by atoms with Crippen molar-refractivity contribution < 1.29 is 12.8 Å². The zero-order valence-electron chi connectivity index (χ0n) is 9.98. The van der Waals surface area contributed by atoms with Gasteiger partial charge in [0.15, 0.2) is 0 Å². The Hall–Kier alpha value is -0.820. The molecule has 7 heteroatoms. The molecular formula is C12H11BrClNO3S. The molecule has 0 saturated carbocycles. The third kappa shape index (κ3) is 3.39. The minimum absolute atomic E-state index is 0.0569. The van der Waals surface area contributed by atoms with E-state index in [0.717, 1.165) is 10.0 Å². The Morgan fingerprint density at radius 3 is 2.79 bits per heavy atom. The molecule has 102 valence electrons. The molecule has 0 saturated heterocycles. The summed E-state index contributed by atoms with van der Waals surface area (Å²) in [6.45, 7) is 1.88. The van der Waals surface area contributed by atoms with Crippen LogP contribution in [0.1, 0.15) is 11.3 Å². The SMILES string of the molecule is Cc1cc(S(=O)(=O)NCc2ccco2)c(Cl)cc1Br. The number of nitrogens with one attached hydrogen (secondary N) is 1. The molecule has 1 aromatic carbocycles. The third-order valence-corrected chi connectivity index (χ3v) is 5.24. The highest BCUT2D eigenvalue weighted by atomic mass is 79.9. The fourth-order valence-corrected chi connectivity index (χ4v) is 3.57. The van der Waals surface area contributed by atoms with Crippen molar-refractivity contribution in [1.82, 2.24) is 4.72 Å². The molecule has 0 aliphatic carbocycles. The van der Waals surface area contributed by atoms with Crippen LogP contribution in [0.3, 0.4) is 0 Å². The van der Waals surface area contributed by atoms with Gasteiger partial charge in [-0.3, -0.25) is 0 Å². The van der Waals surface area contributed by atoms with Gasteiger partial charge in [-0.25, -0.2) is 13.1 Å². The van der Waals surface area contributed by atoms with Gasteiger partial charge in [0.1, 0.15) is 10.7 Å². The average Bonchev–Trinajstić information content (AvgIpc) is 2.84. The molecule has 2 rings (SSSR count). The topological polar surface area (TPSA) is 59.3 Å². The van der Waals surface area contributed by atoms with Gasteiger partial charge in [-0.15, -0.1) is 0 Å². The Morgan fingerprint density at radius 1 is 1.42 bits per heavy atom. The van der Waals surface area contributed by atoms with E-state index < -0.39 is 10.0 Å². The minimum atomic E-state index is -3.67. The summed E-state index contributed by atoms with van der Waals surface area (Å²) >= 11 is 9.28. The summed E-state index contributed by atoms with van der Waals surface area (Å²) in [6.07, 6.45) is 1.49. The maximum absolute atomic E-state index is 12.2. The summed E-state index contributed by atoms with van der Waals surface area (Å²) in [6, 6.07) is 6.48. The molecule has 0 amide bonds. The van der Waals surface area contributed by atoms with Crippen LogP contribution >= 0.6 is 27.5 Å². The summed E-state index contributed by atoms with van der Waals surface area (Å²) in [4.78, 5) is 0.0569. The lowest BCUT2D eigenvalue weighted by Gasteiger charge is -2.09. The van der Waals surface area contributed by atoms with Crippen LogP contribution < -0.4 is 4.72 Å². The van der Waals surface area contributed by atoms with Crippen LogP contribution in [0.4, 0.5) is 0 Å². The highest BCUT2D eigenvalue weighted by molar-refractivity contribution is 9.10. The number of sulfonamides is 1. The largest absolute Gasteiger partial charge is 0.468 e. The normalized spacial score (nSPS) is 11.7. The van der Waals surface area contributed by atoms with Crippen LogP contribution in [-0.2, 0) is 16.6 Å². The van der Waals surface area contributed by atoms with Gasteiger partial charge in [0.05, 0.1) is 17.8 Å². The van der Waals surface area contributed by atoms with E-state index in [1.807, 2.05) is 0 Å². The highest BCUT2D eigenvalue weighted by Gasteiger charge is 2.19. The summed E-state index contributed by atoms with van der Waals surface area (Å²) in [7, 11) is -3.67. The lowest BCUT2D eigenvalue weighted by Crippen LogP contribution is -2.23. The molecule has 2 aromatic rings. The average molecular weight is 365 g/mol. The van der Waals surface area contributed by atoms with E-state index in [2.05, 4.69) is 20.7 Å². The van der Waals surface area contributed by atoms with Gasteiger partial charge in [0, 0.05) is 4.47 Å². The van der Waals surface area contributed by atoms with E-state index in [9.17, 15) is 8.42 Å². The summed E-state index contributed by atoms with van der Waals surface area (Å²) in [5, 5.41) is 0.171. The molecule has 4 nitrogen and oxygen atoms in total. The molecule has 0 unspecified atom stereocenters. The second kappa shape index (κ2) is 5.66. The molecule has 19 heavy (non-hydrogen) atoms. The number of furan rings is 1. The number of rotatable bonds is 4. The standard InChI is InChI=1S/C12H11BrClNO3S/c1-8-5-12(11(14)6-10(8)13)19(16,17)15-7-9-3-2-4-18-9/h2-6,15H,7H2,1H3. The van der Waals surface area contributed by atoms with Gasteiger partial charge >= 0.3 is 0 Å². The van der Waals surface area contributed by atoms with E-state index in [4.69, 9.17) is 16.0 Å². The molecule has 0 atom stereocenters. The van der Waals surface area contributed by atoms with Crippen LogP contribution in [0.15, 0.2) is 44.3 Å². The van der Waals surface area contributed by atoms with Crippen molar-refractivity contribution in [2.45, 2.75) is 18.4 Å². The Balaban J connectivity index is 2.27. The minimum Gasteiger partial charge on any atom is -0.468 e. The van der Waals surface area contributed by atoms with Crippen LogP contribution in [0.2, 0.25) is 5.02 Å². The predicted octanol–water partition coefficient (Wildman–Crippen LogP) is 3.48. The van der Waals surface area contributed by atoms with Crippen molar-refractivity contribution >= 4 is 37.6 Å². The Morgan fingerprint density at radius 2 is 2.16 bits per heavy atom. The number of hydrogen-bond donors (Lipinski definition) is 1. The van der Waals surface area contributed by atoms with Gasteiger partial charge in [0.25, 0.3) is 0 Å². The lowest BCUT2D eigenvalue weighted by molar-refractivity contribution is 0.498. The molecule has 0 radical (unpaired) electrons. The fraction of sp³-hybridized carbons (Fsp3) is 0.167. The number of halogens is 2. The second-order valence-corrected chi connectivity index (χ2v) is 6.93. The van der Waals surface area contributed by atoms with E-state index in [1.165, 1.54) is 12.3 Å². The van der Waals surface area contributed by atoms with E-state index in [-0.39, 0.29) is 16.5 Å². The Kier molecular flexibility index (Phi) is 4.35. The molecule has 0 fully saturated rings. The summed E-state index contributed by atoms with van der Waals surface area (Å²) < 4.78 is 32.6. The van der Waals surface area contributed by atoms with Gasteiger partial charge < -0.3 is 4.42 Å². The first-order valence-corrected chi connectivity index (χ1v) is 8.03. The maximum Gasteiger partial charge on any atom is 0.242 e. The van der Waals surface area contributed by atoms with Crippen molar-refractivity contribution in [3.63, 3.8) is 0 Å². The summed E-state index contributed by atoms with van der Waals surface area (Å²) in [5.74, 6) is 0.536. The maximum atomic E-state index is 12.2. The van der Waals surface area contributed by atoms with Gasteiger partial charge in [-0.1, -0.05) is 27.5 Å². The lowest BCUT2D eigenvalue weighted by atomic mass is 10.2. The van der Waals surface area contributed by atoms with E-state index >= 15 is 0 Å². The predicted molar refractivity (Wildman–Crippen MR) is 76.6 cm³/mol. The van der Waals surface area contributed by atoms with Crippen molar-refractivity contribution in [2.75, 3.05) is 0 Å². The highest BCUT2D eigenvalue weighted by Crippen LogP contribution is 2.28. The molecule has 1 aromatic heterocycles. The van der Waals surface area contributed by atoms with Crippen LogP contribution in [-0.4, -0.2) is 8.42 Å². The molecule has 0 aliphatic heterocycles. The second-order valence-electron chi connectivity index (χ2n) is 3.94. The van der Waals surface area contributed by atoms with Crippen molar-refractivity contribution in [2.24, 2.45) is 0 Å². The quantitative estimate of drug-likeness (QED) is 0.903. The zero-order chi connectivity index (χ0) is 14.0. The number of benzene rings is 1. The first kappa shape index (κ1) is 14.6. The molecule has 0 spiro atoms. The van der Waals surface area contributed by atoms with Crippen LogP contribution in [0.5, 0.6) is 0 Å². The third-order valence-electron chi connectivity index (χ3n) is 2.52. The van der Waals surface area contributed by atoms with Crippen LogP contribution in [0.25, 0.3) is 0 Å². The van der Waals surface area contributed by atoms with Gasteiger partial charge in [-0.2, -0.15) is 0 Å². The van der Waals surface area contributed by atoms with Crippen molar-refractivity contribution in [3.05, 3.63) is 51.3 Å². The molecule has 1 N–H and O–H groups in total. The number of hydrogen-bond acceptors (Lipinski definition) is 3. The Bertz CT molecular complexity index is 683. The molecule has 0 bridgehead atoms. The first-order chi connectivity index (χ1) is 8.90. The Labute approximate surface area is 124 Å². The van der Waals surface area contributed by atoms with Gasteiger partial charge in [-0.05, 0) is 36.8 Å². The monoisotopic (exact) mass is 363 g/mol. The number of aryl methyl sites for hydroxylation is 1.